The van der Waals surface area contributed by atoms with Crippen LogP contribution in [0.1, 0.15) is 5.56 Å². The molecule has 162 valence electrons. The number of halogens is 2. The first-order valence-corrected chi connectivity index (χ1v) is 10.6. The van der Waals surface area contributed by atoms with Gasteiger partial charge in [-0.25, -0.2) is 17.2 Å². The zero-order chi connectivity index (χ0) is 22.6. The molecule has 6 nitrogen and oxygen atoms in total. The Labute approximate surface area is 179 Å². The Morgan fingerprint density at radius 1 is 1.00 bits per heavy atom. The van der Waals surface area contributed by atoms with E-state index in [1.54, 1.807) is 24.3 Å². The van der Waals surface area contributed by atoms with E-state index in [9.17, 15) is 22.0 Å². The molecule has 1 N–H and O–H groups in total. The maximum atomic E-state index is 13.9. The van der Waals surface area contributed by atoms with E-state index in [2.05, 4.69) is 5.32 Å². The minimum absolute atomic E-state index is 0.0363. The Morgan fingerprint density at radius 3 is 2.23 bits per heavy atom. The van der Waals surface area contributed by atoms with Crippen LogP contribution >= 0.6 is 0 Å². The number of carbonyl (C=O) groups is 1. The summed E-state index contributed by atoms with van der Waals surface area (Å²) in [7, 11) is -2.75. The number of amides is 1. The second kappa shape index (κ2) is 9.13. The molecule has 3 aromatic carbocycles. The standard InChI is InChI=1S/C22H20F2N2O4S/c1-15-9-11-18(12-10-15)31(28,29)26(16-5-3-6-17(13-16)30-2)14-21(27)25-22-19(23)7-4-8-20(22)24/h3-13H,14H2,1-2H3,(H,25,27). The normalized spacial score (nSPS) is 11.1. The van der Waals surface area contributed by atoms with Gasteiger partial charge in [0.1, 0.15) is 29.6 Å². The molecule has 3 rings (SSSR count). The van der Waals surface area contributed by atoms with Gasteiger partial charge in [0, 0.05) is 6.07 Å². The first-order chi connectivity index (χ1) is 14.7. The predicted molar refractivity (Wildman–Crippen MR) is 114 cm³/mol. The Bertz CT molecular complexity index is 1180. The van der Waals surface area contributed by atoms with Crippen LogP contribution in [0.4, 0.5) is 20.2 Å². The molecule has 0 saturated carbocycles. The van der Waals surface area contributed by atoms with Gasteiger partial charge in [-0.2, -0.15) is 0 Å². The molecule has 31 heavy (non-hydrogen) atoms. The number of para-hydroxylation sites is 1. The summed E-state index contributed by atoms with van der Waals surface area (Å²) in [4.78, 5) is 12.6. The molecule has 0 fully saturated rings. The molecule has 0 radical (unpaired) electrons. The molecule has 0 bridgehead atoms. The van der Waals surface area contributed by atoms with Crippen LogP contribution in [0.5, 0.6) is 5.75 Å². The number of benzene rings is 3. The van der Waals surface area contributed by atoms with Crippen LogP contribution in [0.2, 0.25) is 0 Å². The van der Waals surface area contributed by atoms with Gasteiger partial charge in [-0.15, -0.1) is 0 Å². The minimum atomic E-state index is -4.17. The maximum absolute atomic E-state index is 13.9. The number of rotatable bonds is 7. The first-order valence-electron chi connectivity index (χ1n) is 9.19. The number of nitrogens with zero attached hydrogens (tertiary/aromatic N) is 1. The molecule has 0 spiro atoms. The van der Waals surface area contributed by atoms with Gasteiger partial charge in [-0.05, 0) is 43.3 Å². The number of aryl methyl sites for hydroxylation is 1. The Hall–Kier alpha value is -3.46. The highest BCUT2D eigenvalue weighted by Gasteiger charge is 2.28. The summed E-state index contributed by atoms with van der Waals surface area (Å²) in [5.41, 5.74) is 0.370. The Morgan fingerprint density at radius 2 is 1.61 bits per heavy atom. The molecule has 0 aliphatic rings. The number of hydrogen-bond donors (Lipinski definition) is 1. The maximum Gasteiger partial charge on any atom is 0.264 e. The molecule has 0 aliphatic carbocycles. The van der Waals surface area contributed by atoms with Gasteiger partial charge in [0.05, 0.1) is 17.7 Å². The number of ether oxygens (including phenoxy) is 1. The summed E-state index contributed by atoms with van der Waals surface area (Å²) in [5.74, 6) is -2.48. The predicted octanol–water partition coefficient (Wildman–Crippen LogP) is 4.12. The van der Waals surface area contributed by atoms with E-state index in [-0.39, 0.29) is 10.6 Å². The average Bonchev–Trinajstić information content (AvgIpc) is 2.75. The van der Waals surface area contributed by atoms with Crippen molar-refractivity contribution >= 4 is 27.3 Å². The second-order valence-electron chi connectivity index (χ2n) is 6.67. The summed E-state index contributed by atoms with van der Waals surface area (Å²) in [6.45, 7) is 1.10. The molecule has 3 aromatic rings. The van der Waals surface area contributed by atoms with E-state index in [0.717, 1.165) is 28.1 Å². The number of sulfonamides is 1. The lowest BCUT2D eigenvalue weighted by Crippen LogP contribution is -2.38. The van der Waals surface area contributed by atoms with Gasteiger partial charge in [-0.1, -0.05) is 29.8 Å². The molecule has 0 heterocycles. The smallest absolute Gasteiger partial charge is 0.264 e. The molecular formula is C22H20F2N2O4S. The third-order valence-electron chi connectivity index (χ3n) is 4.46. The molecule has 0 saturated heterocycles. The fraction of sp³-hybridized carbons (Fsp3) is 0.136. The first kappa shape index (κ1) is 22.2. The fourth-order valence-corrected chi connectivity index (χ4v) is 4.26. The zero-order valence-corrected chi connectivity index (χ0v) is 17.6. The molecule has 0 aliphatic heterocycles. The van der Waals surface area contributed by atoms with Crippen molar-refractivity contribution in [3.05, 3.63) is 83.9 Å². The summed E-state index contributed by atoms with van der Waals surface area (Å²) in [6, 6.07) is 15.4. The average molecular weight is 446 g/mol. The van der Waals surface area contributed by atoms with Crippen molar-refractivity contribution in [2.24, 2.45) is 0 Å². The number of methoxy groups -OCH3 is 1. The topological polar surface area (TPSA) is 75.7 Å². The van der Waals surface area contributed by atoms with E-state index in [4.69, 9.17) is 4.74 Å². The lowest BCUT2D eigenvalue weighted by atomic mass is 10.2. The van der Waals surface area contributed by atoms with Gasteiger partial charge >= 0.3 is 0 Å². The number of carbonyl (C=O) groups excluding carboxylic acids is 1. The number of hydrogen-bond acceptors (Lipinski definition) is 4. The van der Waals surface area contributed by atoms with E-state index in [1.165, 1.54) is 31.4 Å². The molecule has 1 amide bonds. The summed E-state index contributed by atoms with van der Waals surface area (Å²) < 4.78 is 60.5. The van der Waals surface area contributed by atoms with Gasteiger partial charge in [0.2, 0.25) is 5.91 Å². The highest BCUT2D eigenvalue weighted by molar-refractivity contribution is 7.92. The number of nitrogens with one attached hydrogen (secondary N) is 1. The van der Waals surface area contributed by atoms with Crippen molar-refractivity contribution < 1.29 is 26.7 Å². The van der Waals surface area contributed by atoms with Crippen LogP contribution in [0.25, 0.3) is 0 Å². The van der Waals surface area contributed by atoms with Crippen molar-refractivity contribution in [3.8, 4) is 5.75 Å². The largest absolute Gasteiger partial charge is 0.497 e. The second-order valence-corrected chi connectivity index (χ2v) is 8.53. The van der Waals surface area contributed by atoms with Crippen LogP contribution in [0.15, 0.2) is 71.6 Å². The fourth-order valence-electron chi connectivity index (χ4n) is 2.84. The van der Waals surface area contributed by atoms with E-state index in [1.807, 2.05) is 6.92 Å². The molecule has 0 unspecified atom stereocenters. The van der Waals surface area contributed by atoms with Gasteiger partial charge < -0.3 is 10.1 Å². The van der Waals surface area contributed by atoms with Crippen LogP contribution in [0.3, 0.4) is 0 Å². The van der Waals surface area contributed by atoms with E-state index in [0.29, 0.717) is 5.75 Å². The Balaban J connectivity index is 1.99. The van der Waals surface area contributed by atoms with Crippen molar-refractivity contribution in [2.75, 3.05) is 23.3 Å². The lowest BCUT2D eigenvalue weighted by molar-refractivity contribution is -0.114. The molecule has 0 atom stereocenters. The van der Waals surface area contributed by atoms with Crippen LogP contribution in [0, 0.1) is 18.6 Å². The monoisotopic (exact) mass is 446 g/mol. The Kier molecular flexibility index (Phi) is 6.55. The quantitative estimate of drug-likeness (QED) is 0.593. The summed E-state index contributed by atoms with van der Waals surface area (Å²) in [6.07, 6.45) is 0. The van der Waals surface area contributed by atoms with Crippen LogP contribution in [-0.2, 0) is 14.8 Å². The van der Waals surface area contributed by atoms with Crippen molar-refractivity contribution in [3.63, 3.8) is 0 Å². The highest BCUT2D eigenvalue weighted by Crippen LogP contribution is 2.27. The van der Waals surface area contributed by atoms with E-state index < -0.39 is 39.8 Å². The number of anilines is 2. The third-order valence-corrected chi connectivity index (χ3v) is 6.25. The summed E-state index contributed by atoms with van der Waals surface area (Å²) in [5, 5.41) is 2.11. The van der Waals surface area contributed by atoms with E-state index >= 15 is 0 Å². The SMILES string of the molecule is COc1cccc(N(CC(=O)Nc2c(F)cccc2F)S(=O)(=O)c2ccc(C)cc2)c1. The molecular weight excluding hydrogens is 426 g/mol. The molecule has 0 aromatic heterocycles. The third kappa shape index (κ3) is 5.00. The van der Waals surface area contributed by atoms with Crippen molar-refractivity contribution in [1.82, 2.24) is 0 Å². The van der Waals surface area contributed by atoms with Gasteiger partial charge in [0.25, 0.3) is 10.0 Å². The van der Waals surface area contributed by atoms with Crippen molar-refractivity contribution in [1.29, 1.82) is 0 Å². The summed E-state index contributed by atoms with van der Waals surface area (Å²) >= 11 is 0. The van der Waals surface area contributed by atoms with Crippen LogP contribution in [-0.4, -0.2) is 28.0 Å². The zero-order valence-electron chi connectivity index (χ0n) is 16.8. The van der Waals surface area contributed by atoms with Crippen molar-refractivity contribution in [2.45, 2.75) is 11.8 Å². The lowest BCUT2D eigenvalue weighted by Gasteiger charge is -2.24. The highest BCUT2D eigenvalue weighted by atomic mass is 32.2. The van der Waals surface area contributed by atoms with Crippen LogP contribution < -0.4 is 14.4 Å². The van der Waals surface area contributed by atoms with Gasteiger partial charge in [0.15, 0.2) is 0 Å². The molecule has 9 heteroatoms. The van der Waals surface area contributed by atoms with Gasteiger partial charge in [-0.3, -0.25) is 9.10 Å². The minimum Gasteiger partial charge on any atom is -0.497 e.